The van der Waals surface area contributed by atoms with Crippen LogP contribution in [0.25, 0.3) is 10.9 Å². The average molecular weight is 395 g/mol. The third-order valence-electron chi connectivity index (χ3n) is 4.59. The summed E-state index contributed by atoms with van der Waals surface area (Å²) < 4.78 is 1.42. The fourth-order valence-electron chi connectivity index (χ4n) is 3.17. The normalized spacial score (nSPS) is 10.4. The van der Waals surface area contributed by atoms with Gasteiger partial charge in [-0.3, -0.25) is 9.88 Å². The summed E-state index contributed by atoms with van der Waals surface area (Å²) in [5, 5.41) is 15.3. The lowest BCUT2D eigenvalue weighted by molar-refractivity contribution is 0.262. The predicted molar refractivity (Wildman–Crippen MR) is 115 cm³/mol. The number of amides is 2. The van der Waals surface area contributed by atoms with Crippen molar-refractivity contribution in [2.45, 2.75) is 6.54 Å². The van der Waals surface area contributed by atoms with E-state index in [0.717, 1.165) is 5.56 Å². The first-order chi connectivity index (χ1) is 14.7. The van der Waals surface area contributed by atoms with Gasteiger partial charge in [-0.25, -0.2) is 9.59 Å². The monoisotopic (exact) mass is 395 g/mol. The SMILES string of the molecule is N#Cc1ccccc1NC(=O)Nc1c2ccccc2nc(=O)n1Cc1ccccc1. The van der Waals surface area contributed by atoms with Gasteiger partial charge >= 0.3 is 11.7 Å². The molecule has 0 saturated carbocycles. The van der Waals surface area contributed by atoms with Gasteiger partial charge < -0.3 is 5.32 Å². The Bertz CT molecular complexity index is 1320. The lowest BCUT2D eigenvalue weighted by atomic mass is 10.2. The number of nitrogens with one attached hydrogen (secondary N) is 2. The van der Waals surface area contributed by atoms with Crippen molar-refractivity contribution in [3.63, 3.8) is 0 Å². The molecule has 0 bridgehead atoms. The van der Waals surface area contributed by atoms with Gasteiger partial charge in [0.05, 0.1) is 23.3 Å². The Hall–Kier alpha value is -4.44. The van der Waals surface area contributed by atoms with Gasteiger partial charge in [0.25, 0.3) is 0 Å². The number of carbonyl (C=O) groups is 1. The van der Waals surface area contributed by atoms with Crippen LogP contribution in [0.3, 0.4) is 0 Å². The predicted octanol–water partition coefficient (Wildman–Crippen LogP) is 3.96. The standard InChI is InChI=1S/C23H17N5O2/c24-14-17-10-4-6-12-19(17)25-22(29)27-21-18-11-5-7-13-20(18)26-23(30)28(21)15-16-8-2-1-3-9-16/h1-13H,15H2,(H2,25,27,29). The van der Waals surface area contributed by atoms with Crippen LogP contribution in [0.15, 0.2) is 83.7 Å². The summed E-state index contributed by atoms with van der Waals surface area (Å²) >= 11 is 0. The van der Waals surface area contributed by atoms with E-state index >= 15 is 0 Å². The zero-order valence-corrected chi connectivity index (χ0v) is 15.9. The van der Waals surface area contributed by atoms with Crippen LogP contribution in [0.1, 0.15) is 11.1 Å². The molecule has 30 heavy (non-hydrogen) atoms. The summed E-state index contributed by atoms with van der Waals surface area (Å²) in [6.45, 7) is 0.252. The van der Waals surface area contributed by atoms with Gasteiger partial charge in [0, 0.05) is 5.39 Å². The molecule has 0 aliphatic heterocycles. The van der Waals surface area contributed by atoms with Crippen LogP contribution in [0.5, 0.6) is 0 Å². The number of fused-ring (bicyclic) bond motifs is 1. The van der Waals surface area contributed by atoms with E-state index in [9.17, 15) is 14.9 Å². The molecular formula is C23H17N5O2. The van der Waals surface area contributed by atoms with Crippen molar-refractivity contribution in [2.75, 3.05) is 10.6 Å². The number of aromatic nitrogens is 2. The molecule has 0 fully saturated rings. The smallest absolute Gasteiger partial charge is 0.306 e. The average Bonchev–Trinajstić information content (AvgIpc) is 2.77. The van der Waals surface area contributed by atoms with Gasteiger partial charge in [-0.05, 0) is 29.8 Å². The molecule has 0 saturated heterocycles. The molecule has 3 aromatic carbocycles. The van der Waals surface area contributed by atoms with Gasteiger partial charge in [0.1, 0.15) is 11.9 Å². The second kappa shape index (κ2) is 8.29. The number of para-hydroxylation sites is 2. The highest BCUT2D eigenvalue weighted by atomic mass is 16.2. The van der Waals surface area contributed by atoms with E-state index in [1.165, 1.54) is 4.57 Å². The van der Waals surface area contributed by atoms with Crippen LogP contribution < -0.4 is 16.3 Å². The van der Waals surface area contributed by atoms with Crippen molar-refractivity contribution in [1.29, 1.82) is 5.26 Å². The van der Waals surface area contributed by atoms with Crippen molar-refractivity contribution in [1.82, 2.24) is 9.55 Å². The van der Waals surface area contributed by atoms with E-state index in [1.54, 1.807) is 42.5 Å². The molecule has 2 amide bonds. The van der Waals surface area contributed by atoms with Crippen LogP contribution in [-0.2, 0) is 6.54 Å². The van der Waals surface area contributed by atoms with Crippen molar-refractivity contribution < 1.29 is 4.79 Å². The third-order valence-corrected chi connectivity index (χ3v) is 4.59. The second-order valence-electron chi connectivity index (χ2n) is 6.57. The van der Waals surface area contributed by atoms with Gasteiger partial charge in [-0.2, -0.15) is 10.2 Å². The third kappa shape index (κ3) is 3.88. The Morgan fingerprint density at radius 3 is 2.43 bits per heavy atom. The number of anilines is 2. The second-order valence-corrected chi connectivity index (χ2v) is 6.57. The maximum Gasteiger partial charge on any atom is 0.350 e. The molecule has 0 spiro atoms. The summed E-state index contributed by atoms with van der Waals surface area (Å²) in [5.74, 6) is 0.335. The number of nitrogens with zero attached hydrogens (tertiary/aromatic N) is 3. The van der Waals surface area contributed by atoms with Crippen LogP contribution >= 0.6 is 0 Å². The van der Waals surface area contributed by atoms with Crippen LogP contribution in [-0.4, -0.2) is 15.6 Å². The van der Waals surface area contributed by atoms with Crippen molar-refractivity contribution in [2.24, 2.45) is 0 Å². The Balaban J connectivity index is 1.74. The molecule has 2 N–H and O–H groups in total. The number of nitriles is 1. The first-order valence-electron chi connectivity index (χ1n) is 9.26. The summed E-state index contributed by atoms with van der Waals surface area (Å²) in [7, 11) is 0. The Morgan fingerprint density at radius 2 is 1.63 bits per heavy atom. The highest BCUT2D eigenvalue weighted by molar-refractivity contribution is 6.04. The molecular weight excluding hydrogens is 378 g/mol. The van der Waals surface area contributed by atoms with E-state index in [0.29, 0.717) is 28.0 Å². The number of hydrogen-bond acceptors (Lipinski definition) is 4. The topological polar surface area (TPSA) is 99.8 Å². The molecule has 1 heterocycles. The molecule has 7 nitrogen and oxygen atoms in total. The molecule has 0 aliphatic rings. The lowest BCUT2D eigenvalue weighted by Crippen LogP contribution is -2.30. The largest absolute Gasteiger partial charge is 0.350 e. The first-order valence-corrected chi connectivity index (χ1v) is 9.26. The number of hydrogen-bond donors (Lipinski definition) is 2. The minimum Gasteiger partial charge on any atom is -0.306 e. The molecule has 146 valence electrons. The van der Waals surface area contributed by atoms with E-state index in [4.69, 9.17) is 0 Å². The molecule has 4 rings (SSSR count). The van der Waals surface area contributed by atoms with Crippen LogP contribution in [0, 0.1) is 11.3 Å². The zero-order chi connectivity index (χ0) is 20.9. The fraction of sp³-hybridized carbons (Fsp3) is 0.0435. The Labute approximate surface area is 172 Å². The van der Waals surface area contributed by atoms with Gasteiger partial charge in [0.15, 0.2) is 0 Å². The summed E-state index contributed by atoms with van der Waals surface area (Å²) in [6, 6.07) is 24.7. The highest BCUT2D eigenvalue weighted by Crippen LogP contribution is 2.22. The Kier molecular flexibility index (Phi) is 5.22. The van der Waals surface area contributed by atoms with Crippen LogP contribution in [0.4, 0.5) is 16.3 Å². The molecule has 7 heteroatoms. The minimum atomic E-state index is -0.560. The van der Waals surface area contributed by atoms with Crippen molar-refractivity contribution >= 4 is 28.4 Å². The molecule has 4 aromatic rings. The van der Waals surface area contributed by atoms with Gasteiger partial charge in [-0.15, -0.1) is 0 Å². The number of rotatable bonds is 4. The molecule has 0 atom stereocenters. The Morgan fingerprint density at radius 1 is 0.933 bits per heavy atom. The molecule has 0 aliphatic carbocycles. The van der Waals surface area contributed by atoms with Crippen molar-refractivity contribution in [3.8, 4) is 6.07 Å². The molecule has 0 radical (unpaired) electrons. The van der Waals surface area contributed by atoms with E-state index < -0.39 is 11.7 Å². The van der Waals surface area contributed by atoms with Gasteiger partial charge in [-0.1, -0.05) is 54.6 Å². The number of urea groups is 1. The molecule has 0 unspecified atom stereocenters. The summed E-state index contributed by atoms with van der Waals surface area (Å²) in [6.07, 6.45) is 0. The molecule has 1 aromatic heterocycles. The first kappa shape index (κ1) is 18.9. The maximum atomic E-state index is 12.7. The van der Waals surface area contributed by atoms with Crippen molar-refractivity contribution in [3.05, 3.63) is 100 Å². The maximum absolute atomic E-state index is 12.7. The summed E-state index contributed by atoms with van der Waals surface area (Å²) in [5.41, 5.74) is 1.64. The minimum absolute atomic E-state index is 0.252. The lowest BCUT2D eigenvalue weighted by Gasteiger charge is -2.16. The van der Waals surface area contributed by atoms with Crippen LogP contribution in [0.2, 0.25) is 0 Å². The fourth-order valence-corrected chi connectivity index (χ4v) is 3.17. The zero-order valence-electron chi connectivity index (χ0n) is 15.9. The van der Waals surface area contributed by atoms with E-state index in [2.05, 4.69) is 15.6 Å². The van der Waals surface area contributed by atoms with E-state index in [-0.39, 0.29) is 6.54 Å². The quantitative estimate of drug-likeness (QED) is 0.546. The summed E-state index contributed by atoms with van der Waals surface area (Å²) in [4.78, 5) is 29.6. The van der Waals surface area contributed by atoms with E-state index in [1.807, 2.05) is 42.5 Å². The van der Waals surface area contributed by atoms with Gasteiger partial charge in [0.2, 0.25) is 0 Å². The highest BCUT2D eigenvalue weighted by Gasteiger charge is 2.15. The number of benzene rings is 3. The number of carbonyl (C=O) groups excluding carboxylic acids is 1.